The highest BCUT2D eigenvalue weighted by atomic mass is 28.4. The highest BCUT2D eigenvalue weighted by Gasteiger charge is 2.33. The molecule has 0 atom stereocenters. The molecule has 0 fully saturated rings. The molecular formula is C57H118OSi. The zero-order valence-corrected chi connectivity index (χ0v) is 43.4. The molecule has 0 amide bonds. The molecule has 0 aromatic carbocycles. The molecule has 0 aliphatic heterocycles. The van der Waals surface area contributed by atoms with Gasteiger partial charge in [0.2, 0.25) is 0 Å². The van der Waals surface area contributed by atoms with E-state index in [0.29, 0.717) is 0 Å². The Labute approximate surface area is 378 Å². The van der Waals surface area contributed by atoms with Gasteiger partial charge in [-0.3, -0.25) is 0 Å². The lowest BCUT2D eigenvalue weighted by Crippen LogP contribution is -2.38. The van der Waals surface area contributed by atoms with Crippen LogP contribution in [0.25, 0.3) is 0 Å². The zero-order valence-electron chi connectivity index (χ0n) is 42.4. The normalized spacial score (nSPS) is 12.0. The molecule has 0 rings (SSSR count). The van der Waals surface area contributed by atoms with Crippen LogP contribution in [0.2, 0.25) is 18.1 Å². The average molecular weight is 848 g/mol. The first-order chi connectivity index (χ1) is 29.2. The first-order valence-corrected chi connectivity index (χ1v) is 31.4. The van der Waals surface area contributed by atoms with Crippen LogP contribution >= 0.6 is 0 Å². The second-order valence-corrected chi connectivity index (χ2v) is 24.3. The molecule has 0 aromatic rings. The molecule has 356 valence electrons. The molecule has 0 aliphatic carbocycles. The predicted molar refractivity (Wildman–Crippen MR) is 275 cm³/mol. The highest BCUT2D eigenvalue weighted by molar-refractivity contribution is 6.73. The molecule has 2 heteroatoms. The van der Waals surface area contributed by atoms with E-state index in [-0.39, 0.29) is 0 Å². The van der Waals surface area contributed by atoms with Gasteiger partial charge < -0.3 is 4.43 Å². The van der Waals surface area contributed by atoms with Gasteiger partial charge in [-0.1, -0.05) is 336 Å². The van der Waals surface area contributed by atoms with Crippen molar-refractivity contribution in [2.45, 2.75) is 360 Å². The fourth-order valence-corrected chi connectivity index (χ4v) is 14.4. The van der Waals surface area contributed by atoms with E-state index in [4.69, 9.17) is 4.43 Å². The van der Waals surface area contributed by atoms with Crippen LogP contribution in [0.4, 0.5) is 0 Å². The molecule has 1 nitrogen and oxygen atoms in total. The number of unbranched alkanes of at least 4 members (excludes halogenated alkanes) is 45. The van der Waals surface area contributed by atoms with E-state index >= 15 is 0 Å². The van der Waals surface area contributed by atoms with Gasteiger partial charge in [0.05, 0.1) is 0 Å². The van der Waals surface area contributed by atoms with Gasteiger partial charge in [0, 0.05) is 6.61 Å². The van der Waals surface area contributed by atoms with Crippen molar-refractivity contribution in [3.63, 3.8) is 0 Å². The summed E-state index contributed by atoms with van der Waals surface area (Å²) in [5.41, 5.74) is 0. The van der Waals surface area contributed by atoms with Crippen molar-refractivity contribution >= 4 is 8.32 Å². The van der Waals surface area contributed by atoms with E-state index in [1.807, 2.05) is 0 Å². The molecule has 0 heterocycles. The van der Waals surface area contributed by atoms with E-state index in [1.54, 1.807) is 0 Å². The summed E-state index contributed by atoms with van der Waals surface area (Å²) >= 11 is 0. The molecule has 0 spiro atoms. The van der Waals surface area contributed by atoms with Gasteiger partial charge in [-0.15, -0.1) is 0 Å². The maximum Gasteiger partial charge on any atom is 0.192 e. The van der Waals surface area contributed by atoms with Gasteiger partial charge in [0.15, 0.2) is 8.32 Å². The second-order valence-electron chi connectivity index (χ2n) is 20.2. The minimum atomic E-state index is -1.64. The fraction of sp³-hybridized carbons (Fsp3) is 1.00. The summed E-state index contributed by atoms with van der Waals surface area (Å²) in [5.74, 6) is 0. The van der Waals surface area contributed by atoms with Crippen molar-refractivity contribution in [1.82, 2.24) is 0 Å². The zero-order chi connectivity index (χ0) is 42.7. The monoisotopic (exact) mass is 847 g/mol. The van der Waals surface area contributed by atoms with Crippen LogP contribution in [0.15, 0.2) is 0 Å². The van der Waals surface area contributed by atoms with Crippen molar-refractivity contribution < 1.29 is 4.43 Å². The van der Waals surface area contributed by atoms with Crippen LogP contribution in [0, 0.1) is 0 Å². The summed E-state index contributed by atoms with van der Waals surface area (Å²) in [7, 11) is -1.64. The number of hydrogen-bond donors (Lipinski definition) is 0. The van der Waals surface area contributed by atoms with Crippen LogP contribution in [0.1, 0.15) is 342 Å². The van der Waals surface area contributed by atoms with Crippen molar-refractivity contribution in [2.75, 3.05) is 6.61 Å². The fourth-order valence-electron chi connectivity index (χ4n) is 9.90. The Kier molecular flexibility index (Phi) is 52.7. The Morgan fingerprint density at radius 3 is 0.492 bits per heavy atom. The van der Waals surface area contributed by atoms with Crippen molar-refractivity contribution in [1.29, 1.82) is 0 Å². The molecule has 0 aliphatic rings. The van der Waals surface area contributed by atoms with Crippen LogP contribution in [-0.4, -0.2) is 14.9 Å². The van der Waals surface area contributed by atoms with Crippen LogP contribution in [-0.2, 0) is 4.43 Å². The average Bonchev–Trinajstić information content (AvgIpc) is 3.25. The minimum absolute atomic E-state index is 1.03. The first kappa shape index (κ1) is 59.2. The molecule has 0 saturated heterocycles. The summed E-state index contributed by atoms with van der Waals surface area (Å²) in [6.45, 7) is 10.3. The standard InChI is InChI=1S/C57H118OSi/c1-5-9-12-15-18-21-24-27-30-33-36-39-42-45-48-51-55-59(58-54-8-4,56-52-49-46-43-40-37-34-31-28-25-22-19-16-13-10-6-2)57-53-50-47-44-41-38-35-32-29-26-23-20-17-14-11-7-3/h5-57H2,1-4H3. The Morgan fingerprint density at radius 1 is 0.186 bits per heavy atom. The molecule has 59 heavy (non-hydrogen) atoms. The smallest absolute Gasteiger partial charge is 0.192 e. The molecule has 0 radical (unpaired) electrons. The van der Waals surface area contributed by atoms with Gasteiger partial charge in [-0.2, -0.15) is 0 Å². The van der Waals surface area contributed by atoms with Crippen molar-refractivity contribution in [3.8, 4) is 0 Å². The molecule has 0 saturated carbocycles. The van der Waals surface area contributed by atoms with E-state index in [0.717, 1.165) is 6.61 Å². The first-order valence-electron chi connectivity index (χ1n) is 28.9. The van der Waals surface area contributed by atoms with Crippen LogP contribution < -0.4 is 0 Å². The van der Waals surface area contributed by atoms with Crippen LogP contribution in [0.5, 0.6) is 0 Å². The van der Waals surface area contributed by atoms with Crippen molar-refractivity contribution in [3.05, 3.63) is 0 Å². The lowest BCUT2D eigenvalue weighted by Gasteiger charge is -2.32. The predicted octanol–water partition coefficient (Wildman–Crippen LogP) is 22.1. The molecule has 0 unspecified atom stereocenters. The summed E-state index contributed by atoms with van der Waals surface area (Å²) in [5, 5.41) is 0. The van der Waals surface area contributed by atoms with Gasteiger partial charge in [-0.25, -0.2) is 0 Å². The Hall–Kier alpha value is 0.177. The SMILES string of the molecule is CCCCCCCCCCCCCCCCCC[Si](CCCCCCCCCCCCCCCCCC)(CCCCCCCCCCCCCCCCCC)OCCC. The van der Waals surface area contributed by atoms with E-state index in [9.17, 15) is 0 Å². The molecule has 0 N–H and O–H groups in total. The van der Waals surface area contributed by atoms with Crippen LogP contribution in [0.3, 0.4) is 0 Å². The third-order valence-electron chi connectivity index (χ3n) is 14.1. The maximum atomic E-state index is 7.09. The van der Waals surface area contributed by atoms with Gasteiger partial charge in [0.1, 0.15) is 0 Å². The lowest BCUT2D eigenvalue weighted by molar-refractivity contribution is 0.292. The third kappa shape index (κ3) is 47.5. The third-order valence-corrected chi connectivity index (χ3v) is 18.7. The highest BCUT2D eigenvalue weighted by Crippen LogP contribution is 2.32. The summed E-state index contributed by atoms with van der Waals surface area (Å²) in [4.78, 5) is 0. The Balaban J connectivity index is 4.40. The summed E-state index contributed by atoms with van der Waals surface area (Å²) < 4.78 is 7.09. The number of hydrogen-bond acceptors (Lipinski definition) is 1. The maximum absolute atomic E-state index is 7.09. The molecule has 0 aromatic heterocycles. The molecule has 0 bridgehead atoms. The quantitative estimate of drug-likeness (QED) is 0.0438. The second kappa shape index (κ2) is 52.5. The summed E-state index contributed by atoms with van der Waals surface area (Å²) in [6, 6.07) is 4.38. The molecular weight excluding hydrogens is 729 g/mol. The Morgan fingerprint density at radius 2 is 0.339 bits per heavy atom. The Bertz CT molecular complexity index is 633. The lowest BCUT2D eigenvalue weighted by atomic mass is 10.0. The van der Waals surface area contributed by atoms with Gasteiger partial charge >= 0.3 is 0 Å². The largest absolute Gasteiger partial charge is 0.417 e. The van der Waals surface area contributed by atoms with E-state index < -0.39 is 8.32 Å². The minimum Gasteiger partial charge on any atom is -0.417 e. The van der Waals surface area contributed by atoms with Gasteiger partial charge in [0.25, 0.3) is 0 Å². The van der Waals surface area contributed by atoms with E-state index in [1.165, 1.54) is 333 Å². The topological polar surface area (TPSA) is 9.23 Å². The van der Waals surface area contributed by atoms with Gasteiger partial charge in [-0.05, 0) is 24.6 Å². The van der Waals surface area contributed by atoms with Crippen molar-refractivity contribution in [2.24, 2.45) is 0 Å². The van der Waals surface area contributed by atoms with E-state index in [2.05, 4.69) is 27.7 Å². The summed E-state index contributed by atoms with van der Waals surface area (Å²) in [6.07, 6.45) is 71.5. The number of rotatable bonds is 54.